The van der Waals surface area contributed by atoms with Crippen molar-refractivity contribution in [1.82, 2.24) is 4.98 Å². The van der Waals surface area contributed by atoms with Crippen LogP contribution in [0.2, 0.25) is 0 Å². The van der Waals surface area contributed by atoms with E-state index in [4.69, 9.17) is 0 Å². The molecule has 1 aromatic heterocycles. The first-order chi connectivity index (χ1) is 7.45. The molecular weight excluding hydrogens is 250 g/mol. The Morgan fingerprint density at radius 2 is 2.31 bits per heavy atom. The van der Waals surface area contributed by atoms with E-state index in [2.05, 4.69) is 9.72 Å². The molecule has 7 heteroatoms. The Labute approximate surface area is 98.4 Å². The van der Waals surface area contributed by atoms with Gasteiger partial charge in [-0.3, -0.25) is 4.79 Å². The van der Waals surface area contributed by atoms with Gasteiger partial charge in [0.1, 0.15) is 10.8 Å². The van der Waals surface area contributed by atoms with Crippen molar-refractivity contribution in [2.45, 2.75) is 24.3 Å². The van der Waals surface area contributed by atoms with E-state index in [1.807, 2.05) is 0 Å². The Hall–Kier alpha value is -0.950. The van der Waals surface area contributed by atoms with Crippen molar-refractivity contribution in [3.63, 3.8) is 0 Å². The summed E-state index contributed by atoms with van der Waals surface area (Å²) in [5, 5.41) is 1.51. The van der Waals surface area contributed by atoms with Crippen LogP contribution < -0.4 is 0 Å². The van der Waals surface area contributed by atoms with E-state index >= 15 is 0 Å². The number of methoxy groups -OCH3 is 1. The molecule has 0 aromatic carbocycles. The van der Waals surface area contributed by atoms with Crippen LogP contribution in [0.25, 0.3) is 0 Å². The molecular formula is C9H13NO4S2. The summed E-state index contributed by atoms with van der Waals surface area (Å²) in [7, 11) is -2.10. The zero-order valence-corrected chi connectivity index (χ0v) is 10.7. The molecule has 0 bridgehead atoms. The highest BCUT2D eigenvalue weighted by molar-refractivity contribution is 7.91. The Morgan fingerprint density at radius 1 is 1.62 bits per heavy atom. The molecule has 0 aliphatic rings. The number of rotatable bonds is 5. The van der Waals surface area contributed by atoms with Crippen LogP contribution in [0, 0.1) is 0 Å². The average Bonchev–Trinajstić information content (AvgIpc) is 2.69. The van der Waals surface area contributed by atoms with Crippen LogP contribution in [0.4, 0.5) is 0 Å². The average molecular weight is 263 g/mol. The number of aromatic nitrogens is 1. The third kappa shape index (κ3) is 3.57. The fourth-order valence-electron chi connectivity index (χ4n) is 1.08. The third-order valence-electron chi connectivity index (χ3n) is 2.10. The monoisotopic (exact) mass is 263 g/mol. The van der Waals surface area contributed by atoms with Crippen molar-refractivity contribution >= 4 is 27.1 Å². The van der Waals surface area contributed by atoms with Gasteiger partial charge in [-0.2, -0.15) is 0 Å². The Bertz CT molecular complexity index is 438. The molecule has 0 aliphatic heterocycles. The standard InChI is InChI=1S/C9H13NO4S2/c1-7(5-9(11)14-2)16(12,13)6-8-10-3-4-15-8/h3-4,7H,5-6H2,1-2H3. The van der Waals surface area contributed by atoms with Gasteiger partial charge in [-0.05, 0) is 6.92 Å². The van der Waals surface area contributed by atoms with E-state index in [0.29, 0.717) is 5.01 Å². The van der Waals surface area contributed by atoms with Crippen LogP contribution in [-0.2, 0) is 25.1 Å². The summed E-state index contributed by atoms with van der Waals surface area (Å²) in [6.07, 6.45) is 1.44. The van der Waals surface area contributed by atoms with Gasteiger partial charge in [-0.25, -0.2) is 13.4 Å². The topological polar surface area (TPSA) is 73.3 Å². The molecule has 0 amide bonds. The summed E-state index contributed by atoms with van der Waals surface area (Å²) in [5.41, 5.74) is 0. The van der Waals surface area contributed by atoms with Gasteiger partial charge in [0.15, 0.2) is 9.84 Å². The maximum atomic E-state index is 11.8. The van der Waals surface area contributed by atoms with Gasteiger partial charge in [0.2, 0.25) is 0 Å². The molecule has 0 N–H and O–H groups in total. The molecule has 1 aromatic rings. The first-order valence-corrected chi connectivity index (χ1v) is 7.22. The van der Waals surface area contributed by atoms with Gasteiger partial charge in [0.05, 0.1) is 18.8 Å². The minimum atomic E-state index is -3.34. The number of carbonyl (C=O) groups excluding carboxylic acids is 1. The van der Waals surface area contributed by atoms with Crippen LogP contribution in [0.1, 0.15) is 18.4 Å². The summed E-state index contributed by atoms with van der Waals surface area (Å²) >= 11 is 1.29. The van der Waals surface area contributed by atoms with Gasteiger partial charge in [-0.1, -0.05) is 0 Å². The van der Waals surface area contributed by atoms with Crippen LogP contribution in [0.3, 0.4) is 0 Å². The maximum Gasteiger partial charge on any atom is 0.306 e. The fraction of sp³-hybridized carbons (Fsp3) is 0.556. The van der Waals surface area contributed by atoms with E-state index in [1.54, 1.807) is 11.6 Å². The molecule has 0 aliphatic carbocycles. The van der Waals surface area contributed by atoms with Crippen molar-refractivity contribution in [2.24, 2.45) is 0 Å². The third-order valence-corrected chi connectivity index (χ3v) is 5.13. The van der Waals surface area contributed by atoms with Gasteiger partial charge < -0.3 is 4.74 Å². The van der Waals surface area contributed by atoms with Crippen LogP contribution >= 0.6 is 11.3 Å². The van der Waals surface area contributed by atoms with E-state index in [9.17, 15) is 13.2 Å². The number of carbonyl (C=O) groups is 1. The zero-order chi connectivity index (χ0) is 12.2. The molecule has 1 rings (SSSR count). The first-order valence-electron chi connectivity index (χ1n) is 4.62. The molecule has 1 unspecified atom stereocenters. The largest absolute Gasteiger partial charge is 0.469 e. The molecule has 1 heterocycles. The van der Waals surface area contributed by atoms with E-state index in [-0.39, 0.29) is 12.2 Å². The highest BCUT2D eigenvalue weighted by atomic mass is 32.2. The van der Waals surface area contributed by atoms with Gasteiger partial charge in [0.25, 0.3) is 0 Å². The molecule has 1 atom stereocenters. The molecule has 0 saturated heterocycles. The summed E-state index contributed by atoms with van der Waals surface area (Å²) < 4.78 is 28.1. The molecule has 0 fully saturated rings. The molecule has 5 nitrogen and oxygen atoms in total. The smallest absolute Gasteiger partial charge is 0.306 e. The van der Waals surface area contributed by atoms with Gasteiger partial charge >= 0.3 is 5.97 Å². The second-order valence-corrected chi connectivity index (χ2v) is 6.72. The molecule has 0 spiro atoms. The van der Waals surface area contributed by atoms with Crippen molar-refractivity contribution < 1.29 is 17.9 Å². The number of nitrogens with zero attached hydrogens (tertiary/aromatic N) is 1. The number of thiazole rings is 1. The van der Waals surface area contributed by atoms with Crippen LogP contribution in [0.5, 0.6) is 0 Å². The van der Waals surface area contributed by atoms with E-state index < -0.39 is 21.1 Å². The maximum absolute atomic E-state index is 11.8. The fourth-order valence-corrected chi connectivity index (χ4v) is 3.34. The Kier molecular flexibility index (Phi) is 4.43. The predicted molar refractivity (Wildman–Crippen MR) is 60.8 cm³/mol. The number of hydrogen-bond donors (Lipinski definition) is 0. The first kappa shape index (κ1) is 13.1. The molecule has 16 heavy (non-hydrogen) atoms. The van der Waals surface area contributed by atoms with E-state index in [0.717, 1.165) is 0 Å². The lowest BCUT2D eigenvalue weighted by Crippen LogP contribution is -2.23. The second-order valence-electron chi connectivity index (χ2n) is 3.32. The normalized spacial score (nSPS) is 13.4. The van der Waals surface area contributed by atoms with Crippen LogP contribution in [-0.4, -0.2) is 31.7 Å². The quantitative estimate of drug-likeness (QED) is 0.741. The number of esters is 1. The van der Waals surface area contributed by atoms with Crippen molar-refractivity contribution in [1.29, 1.82) is 0 Å². The number of sulfone groups is 1. The van der Waals surface area contributed by atoms with E-state index in [1.165, 1.54) is 25.4 Å². The van der Waals surface area contributed by atoms with Gasteiger partial charge in [0, 0.05) is 11.6 Å². The summed E-state index contributed by atoms with van der Waals surface area (Å²) in [6, 6.07) is 0. The SMILES string of the molecule is COC(=O)CC(C)S(=O)(=O)Cc1nccs1. The van der Waals surface area contributed by atoms with Crippen molar-refractivity contribution in [3.8, 4) is 0 Å². The Balaban J connectivity index is 2.67. The second kappa shape index (κ2) is 5.40. The minimum Gasteiger partial charge on any atom is -0.469 e. The minimum absolute atomic E-state index is 0.121. The van der Waals surface area contributed by atoms with Crippen molar-refractivity contribution in [3.05, 3.63) is 16.6 Å². The molecule has 0 radical (unpaired) electrons. The molecule has 90 valence electrons. The lowest BCUT2D eigenvalue weighted by atomic mass is 10.3. The van der Waals surface area contributed by atoms with Crippen LogP contribution in [0.15, 0.2) is 11.6 Å². The zero-order valence-electron chi connectivity index (χ0n) is 9.04. The lowest BCUT2D eigenvalue weighted by molar-refractivity contribution is -0.140. The number of ether oxygens (including phenoxy) is 1. The molecule has 0 saturated carbocycles. The Morgan fingerprint density at radius 3 is 2.81 bits per heavy atom. The highest BCUT2D eigenvalue weighted by Gasteiger charge is 2.25. The lowest BCUT2D eigenvalue weighted by Gasteiger charge is -2.10. The number of hydrogen-bond acceptors (Lipinski definition) is 6. The predicted octanol–water partition coefficient (Wildman–Crippen LogP) is 1.01. The van der Waals surface area contributed by atoms with Gasteiger partial charge in [-0.15, -0.1) is 11.3 Å². The highest BCUT2D eigenvalue weighted by Crippen LogP contribution is 2.15. The summed E-state index contributed by atoms with van der Waals surface area (Å²) in [6.45, 7) is 1.50. The summed E-state index contributed by atoms with van der Waals surface area (Å²) in [4.78, 5) is 14.9. The summed E-state index contributed by atoms with van der Waals surface area (Å²) in [5.74, 6) is -0.641. The van der Waals surface area contributed by atoms with Crippen molar-refractivity contribution in [2.75, 3.05) is 7.11 Å².